The lowest BCUT2D eigenvalue weighted by Gasteiger charge is -2.26. The van der Waals surface area contributed by atoms with E-state index in [1.165, 1.54) is 0 Å². The summed E-state index contributed by atoms with van der Waals surface area (Å²) in [6.07, 6.45) is 1.14. The highest BCUT2D eigenvalue weighted by Gasteiger charge is 2.18. The SMILES string of the molecule is CCN(CCCN(C)C)c1cc(CCl)cc(C(C)(C)C)n1. The zero-order valence-electron chi connectivity index (χ0n) is 14.4. The molecule has 120 valence electrons. The maximum absolute atomic E-state index is 6.06. The van der Waals surface area contributed by atoms with E-state index in [1.807, 2.05) is 0 Å². The van der Waals surface area contributed by atoms with Crippen molar-refractivity contribution in [3.63, 3.8) is 0 Å². The summed E-state index contributed by atoms with van der Waals surface area (Å²) in [6.45, 7) is 11.9. The van der Waals surface area contributed by atoms with E-state index in [0.29, 0.717) is 5.88 Å². The van der Waals surface area contributed by atoms with Crippen molar-refractivity contribution < 1.29 is 0 Å². The maximum Gasteiger partial charge on any atom is 0.129 e. The Kier molecular flexibility index (Phi) is 6.95. The maximum atomic E-state index is 6.06. The molecule has 0 atom stereocenters. The molecule has 1 aromatic heterocycles. The lowest BCUT2D eigenvalue weighted by Crippen LogP contribution is -2.28. The second-order valence-corrected chi connectivity index (χ2v) is 7.11. The van der Waals surface area contributed by atoms with Crippen molar-refractivity contribution in [1.29, 1.82) is 0 Å². The van der Waals surface area contributed by atoms with Crippen LogP contribution in [-0.2, 0) is 11.3 Å². The fourth-order valence-electron chi connectivity index (χ4n) is 2.21. The highest BCUT2D eigenvalue weighted by Crippen LogP contribution is 2.25. The number of halogens is 1. The summed E-state index contributed by atoms with van der Waals surface area (Å²) in [5, 5.41) is 0. The largest absolute Gasteiger partial charge is 0.357 e. The number of rotatable bonds is 7. The number of hydrogen-bond donors (Lipinski definition) is 0. The van der Waals surface area contributed by atoms with Crippen molar-refractivity contribution in [2.45, 2.75) is 45.4 Å². The second kappa shape index (κ2) is 8.00. The van der Waals surface area contributed by atoms with E-state index in [9.17, 15) is 0 Å². The van der Waals surface area contributed by atoms with Crippen molar-refractivity contribution in [3.05, 3.63) is 23.4 Å². The van der Waals surface area contributed by atoms with E-state index in [4.69, 9.17) is 16.6 Å². The van der Waals surface area contributed by atoms with Gasteiger partial charge >= 0.3 is 0 Å². The third-order valence-electron chi connectivity index (χ3n) is 3.53. The van der Waals surface area contributed by atoms with Crippen LogP contribution in [0.2, 0.25) is 0 Å². The van der Waals surface area contributed by atoms with Gasteiger partial charge in [0, 0.05) is 30.1 Å². The Morgan fingerprint density at radius 2 is 1.81 bits per heavy atom. The molecule has 0 aliphatic heterocycles. The molecule has 0 spiro atoms. The minimum atomic E-state index is 0.0415. The van der Waals surface area contributed by atoms with Gasteiger partial charge < -0.3 is 9.80 Å². The zero-order valence-corrected chi connectivity index (χ0v) is 15.2. The van der Waals surface area contributed by atoms with Gasteiger partial charge in [0.25, 0.3) is 0 Å². The number of nitrogens with zero attached hydrogens (tertiary/aromatic N) is 3. The summed E-state index contributed by atoms with van der Waals surface area (Å²) in [5.41, 5.74) is 2.30. The van der Waals surface area contributed by atoms with E-state index in [-0.39, 0.29) is 5.41 Å². The van der Waals surface area contributed by atoms with Gasteiger partial charge in [0.05, 0.1) is 0 Å². The van der Waals surface area contributed by atoms with Crippen LogP contribution in [0.1, 0.15) is 45.4 Å². The van der Waals surface area contributed by atoms with Crippen molar-refractivity contribution in [2.75, 3.05) is 38.6 Å². The van der Waals surface area contributed by atoms with Crippen molar-refractivity contribution in [3.8, 4) is 0 Å². The topological polar surface area (TPSA) is 19.4 Å². The minimum Gasteiger partial charge on any atom is -0.357 e. The van der Waals surface area contributed by atoms with Gasteiger partial charge in [-0.2, -0.15) is 0 Å². The molecule has 0 aliphatic rings. The molecule has 0 fully saturated rings. The molecule has 1 heterocycles. The second-order valence-electron chi connectivity index (χ2n) is 6.84. The Morgan fingerprint density at radius 1 is 1.14 bits per heavy atom. The van der Waals surface area contributed by atoms with Gasteiger partial charge in [-0.05, 0) is 51.7 Å². The average Bonchev–Trinajstić information content (AvgIpc) is 2.41. The molecule has 0 amide bonds. The molecule has 1 rings (SSSR count). The lowest BCUT2D eigenvalue weighted by atomic mass is 9.91. The molecule has 0 unspecified atom stereocenters. The first-order valence-electron chi connectivity index (χ1n) is 7.75. The smallest absolute Gasteiger partial charge is 0.129 e. The lowest BCUT2D eigenvalue weighted by molar-refractivity contribution is 0.400. The standard InChI is InChI=1S/C17H30ClN3/c1-7-21(10-8-9-20(5)6)16-12-14(13-18)11-15(19-16)17(2,3)4/h11-12H,7-10,13H2,1-6H3. The third-order valence-corrected chi connectivity index (χ3v) is 3.84. The fraction of sp³-hybridized carbons (Fsp3) is 0.706. The van der Waals surface area contributed by atoms with Gasteiger partial charge in [-0.25, -0.2) is 4.98 Å². The molecule has 0 aliphatic carbocycles. The first-order chi connectivity index (χ1) is 9.77. The van der Waals surface area contributed by atoms with Gasteiger partial charge in [-0.3, -0.25) is 0 Å². The first kappa shape index (κ1) is 18.2. The highest BCUT2D eigenvalue weighted by molar-refractivity contribution is 6.17. The first-order valence-corrected chi connectivity index (χ1v) is 8.28. The van der Waals surface area contributed by atoms with Crippen molar-refractivity contribution >= 4 is 17.4 Å². The predicted molar refractivity (Wildman–Crippen MR) is 93.6 cm³/mol. The molecule has 0 N–H and O–H groups in total. The molecular formula is C17H30ClN3. The Morgan fingerprint density at radius 3 is 2.29 bits per heavy atom. The molecule has 0 saturated heterocycles. The molecule has 4 heteroatoms. The van der Waals surface area contributed by atoms with Gasteiger partial charge in [0.1, 0.15) is 5.82 Å². The normalized spacial score (nSPS) is 12.0. The van der Waals surface area contributed by atoms with E-state index in [2.05, 4.69) is 63.7 Å². The average molecular weight is 312 g/mol. The molecular weight excluding hydrogens is 282 g/mol. The Bertz CT molecular complexity index is 438. The van der Waals surface area contributed by atoms with Crippen LogP contribution in [0.3, 0.4) is 0 Å². The summed E-state index contributed by atoms with van der Waals surface area (Å²) in [4.78, 5) is 9.44. The highest BCUT2D eigenvalue weighted by atomic mass is 35.5. The molecule has 0 aromatic carbocycles. The van der Waals surface area contributed by atoms with Crippen LogP contribution in [0.15, 0.2) is 12.1 Å². The van der Waals surface area contributed by atoms with Crippen LogP contribution >= 0.6 is 11.6 Å². The van der Waals surface area contributed by atoms with Crippen molar-refractivity contribution in [1.82, 2.24) is 9.88 Å². The molecule has 0 saturated carbocycles. The molecule has 3 nitrogen and oxygen atoms in total. The fourth-order valence-corrected chi connectivity index (χ4v) is 2.36. The van der Waals surface area contributed by atoms with Gasteiger partial charge in [-0.1, -0.05) is 20.8 Å². The Hall–Kier alpha value is -0.800. The number of anilines is 1. The van der Waals surface area contributed by atoms with Crippen LogP contribution < -0.4 is 4.90 Å². The summed E-state index contributed by atoms with van der Waals surface area (Å²) >= 11 is 6.06. The molecule has 0 bridgehead atoms. The monoisotopic (exact) mass is 311 g/mol. The molecule has 21 heavy (non-hydrogen) atoms. The Labute approximate surface area is 135 Å². The summed E-state index contributed by atoms with van der Waals surface area (Å²) in [5.74, 6) is 1.59. The van der Waals surface area contributed by atoms with Crippen LogP contribution in [0.4, 0.5) is 5.82 Å². The summed E-state index contributed by atoms with van der Waals surface area (Å²) < 4.78 is 0. The van der Waals surface area contributed by atoms with Crippen molar-refractivity contribution in [2.24, 2.45) is 0 Å². The number of hydrogen-bond acceptors (Lipinski definition) is 3. The predicted octanol–water partition coefficient (Wildman–Crippen LogP) is 3.90. The quantitative estimate of drug-likeness (QED) is 0.712. The van der Waals surface area contributed by atoms with E-state index in [1.54, 1.807) is 0 Å². The van der Waals surface area contributed by atoms with E-state index < -0.39 is 0 Å². The summed E-state index contributed by atoms with van der Waals surface area (Å²) in [7, 11) is 4.22. The Balaban J connectivity index is 2.97. The van der Waals surface area contributed by atoms with E-state index in [0.717, 1.165) is 43.1 Å². The summed E-state index contributed by atoms with van der Waals surface area (Å²) in [6, 6.07) is 4.26. The van der Waals surface area contributed by atoms with Crippen LogP contribution in [0.25, 0.3) is 0 Å². The van der Waals surface area contributed by atoms with Gasteiger partial charge in [-0.15, -0.1) is 11.6 Å². The number of pyridine rings is 1. The van der Waals surface area contributed by atoms with Gasteiger partial charge in [0.15, 0.2) is 0 Å². The van der Waals surface area contributed by atoms with Crippen LogP contribution in [0, 0.1) is 0 Å². The minimum absolute atomic E-state index is 0.0415. The number of alkyl halides is 1. The van der Waals surface area contributed by atoms with Crippen LogP contribution in [0.5, 0.6) is 0 Å². The molecule has 1 aromatic rings. The van der Waals surface area contributed by atoms with E-state index >= 15 is 0 Å². The number of aromatic nitrogens is 1. The zero-order chi connectivity index (χ0) is 16.0. The third kappa shape index (κ3) is 5.84. The van der Waals surface area contributed by atoms with Crippen LogP contribution in [-0.4, -0.2) is 43.6 Å². The molecule has 0 radical (unpaired) electrons. The van der Waals surface area contributed by atoms with Gasteiger partial charge in [0.2, 0.25) is 0 Å².